The maximum atomic E-state index is 12.3. The second kappa shape index (κ2) is 6.79. The van der Waals surface area contributed by atoms with Crippen LogP contribution in [0.25, 0.3) is 11.1 Å². The molecule has 0 spiro atoms. The molecule has 0 radical (unpaired) electrons. The van der Waals surface area contributed by atoms with Gasteiger partial charge in [-0.1, -0.05) is 42.5 Å². The van der Waals surface area contributed by atoms with Gasteiger partial charge in [-0.05, 0) is 47.5 Å². The number of benzene rings is 3. The third-order valence-electron chi connectivity index (χ3n) is 3.60. The second-order valence-electron chi connectivity index (χ2n) is 5.13. The van der Waals surface area contributed by atoms with E-state index in [2.05, 4.69) is 5.32 Å². The van der Waals surface area contributed by atoms with E-state index in [0.29, 0.717) is 5.56 Å². The fraction of sp³-hybridized carbons (Fsp3) is 0.0500. The van der Waals surface area contributed by atoms with Gasteiger partial charge >= 0.3 is 0 Å². The number of methoxy groups -OCH3 is 1. The Hall–Kier alpha value is -3.07. The Labute approximate surface area is 135 Å². The molecule has 0 heterocycles. The van der Waals surface area contributed by atoms with Gasteiger partial charge in [0.25, 0.3) is 5.91 Å². The molecule has 0 aliphatic carbocycles. The van der Waals surface area contributed by atoms with Crippen LogP contribution in [0, 0.1) is 0 Å². The van der Waals surface area contributed by atoms with Crippen LogP contribution in [-0.4, -0.2) is 13.0 Å². The Morgan fingerprint density at radius 1 is 0.783 bits per heavy atom. The van der Waals surface area contributed by atoms with Crippen LogP contribution in [0.2, 0.25) is 0 Å². The van der Waals surface area contributed by atoms with Crippen molar-refractivity contribution in [3.63, 3.8) is 0 Å². The van der Waals surface area contributed by atoms with Crippen molar-refractivity contribution in [3.05, 3.63) is 84.4 Å². The molecule has 23 heavy (non-hydrogen) atoms. The first-order valence-electron chi connectivity index (χ1n) is 7.37. The Bertz CT molecular complexity index is 778. The number of hydrogen-bond donors (Lipinski definition) is 1. The van der Waals surface area contributed by atoms with Crippen molar-refractivity contribution in [2.75, 3.05) is 12.4 Å². The molecule has 3 heteroatoms. The van der Waals surface area contributed by atoms with Gasteiger partial charge in [0.2, 0.25) is 0 Å². The molecule has 0 saturated heterocycles. The van der Waals surface area contributed by atoms with E-state index in [0.717, 1.165) is 22.6 Å². The summed E-state index contributed by atoms with van der Waals surface area (Å²) >= 11 is 0. The smallest absolute Gasteiger partial charge is 0.255 e. The van der Waals surface area contributed by atoms with Crippen molar-refractivity contribution in [2.45, 2.75) is 0 Å². The minimum absolute atomic E-state index is 0.130. The number of rotatable bonds is 4. The predicted molar refractivity (Wildman–Crippen MR) is 92.8 cm³/mol. The van der Waals surface area contributed by atoms with Gasteiger partial charge in [0.05, 0.1) is 7.11 Å². The largest absolute Gasteiger partial charge is 0.497 e. The fourth-order valence-corrected chi connectivity index (χ4v) is 2.32. The van der Waals surface area contributed by atoms with Gasteiger partial charge in [0.15, 0.2) is 0 Å². The molecule has 1 N–H and O–H groups in total. The van der Waals surface area contributed by atoms with Crippen LogP contribution >= 0.6 is 0 Å². The molecule has 0 atom stereocenters. The summed E-state index contributed by atoms with van der Waals surface area (Å²) < 4.78 is 5.10. The first-order chi connectivity index (χ1) is 11.3. The first kappa shape index (κ1) is 14.9. The number of carbonyl (C=O) groups is 1. The standard InChI is InChI=1S/C20H17NO2/c1-23-19-13-11-18(12-14-19)21-20(22)17-9-7-16(8-10-17)15-5-3-2-4-6-15/h2-14H,1H3,(H,21,22). The monoisotopic (exact) mass is 303 g/mol. The third kappa shape index (κ3) is 3.58. The summed E-state index contributed by atoms with van der Waals surface area (Å²) in [5, 5.41) is 2.87. The Kier molecular flexibility index (Phi) is 4.39. The lowest BCUT2D eigenvalue weighted by Crippen LogP contribution is -2.11. The predicted octanol–water partition coefficient (Wildman–Crippen LogP) is 4.61. The van der Waals surface area contributed by atoms with Crippen molar-refractivity contribution in [3.8, 4) is 16.9 Å². The Balaban J connectivity index is 1.72. The molecule has 3 aromatic carbocycles. The Morgan fingerprint density at radius 2 is 1.39 bits per heavy atom. The number of hydrogen-bond acceptors (Lipinski definition) is 2. The number of ether oxygens (including phenoxy) is 1. The van der Waals surface area contributed by atoms with Gasteiger partial charge in [0.1, 0.15) is 5.75 Å². The molecule has 0 fully saturated rings. The molecule has 0 bridgehead atoms. The van der Waals surface area contributed by atoms with Crippen molar-refractivity contribution in [2.24, 2.45) is 0 Å². The number of amides is 1. The summed E-state index contributed by atoms with van der Waals surface area (Å²) in [5.74, 6) is 0.630. The highest BCUT2D eigenvalue weighted by Crippen LogP contribution is 2.20. The normalized spacial score (nSPS) is 10.1. The van der Waals surface area contributed by atoms with Gasteiger partial charge in [0, 0.05) is 11.3 Å². The minimum Gasteiger partial charge on any atom is -0.497 e. The summed E-state index contributed by atoms with van der Waals surface area (Å²) in [5.41, 5.74) is 3.59. The van der Waals surface area contributed by atoms with Crippen LogP contribution < -0.4 is 10.1 Å². The number of anilines is 1. The van der Waals surface area contributed by atoms with Crippen molar-refractivity contribution in [1.29, 1.82) is 0 Å². The van der Waals surface area contributed by atoms with Crippen molar-refractivity contribution >= 4 is 11.6 Å². The molecule has 3 nitrogen and oxygen atoms in total. The van der Waals surface area contributed by atoms with Gasteiger partial charge in [-0.3, -0.25) is 4.79 Å². The van der Waals surface area contributed by atoms with E-state index >= 15 is 0 Å². The van der Waals surface area contributed by atoms with Crippen LogP contribution in [0.3, 0.4) is 0 Å². The average Bonchev–Trinajstić information content (AvgIpc) is 2.63. The molecule has 3 rings (SSSR count). The zero-order valence-electron chi connectivity index (χ0n) is 12.8. The van der Waals surface area contributed by atoms with Crippen LogP contribution in [0.1, 0.15) is 10.4 Å². The van der Waals surface area contributed by atoms with E-state index in [1.807, 2.05) is 78.9 Å². The molecule has 3 aromatic rings. The highest BCUT2D eigenvalue weighted by Gasteiger charge is 2.06. The lowest BCUT2D eigenvalue weighted by Gasteiger charge is -2.07. The topological polar surface area (TPSA) is 38.3 Å². The first-order valence-corrected chi connectivity index (χ1v) is 7.37. The maximum absolute atomic E-state index is 12.3. The summed E-state index contributed by atoms with van der Waals surface area (Å²) in [4.78, 5) is 12.3. The van der Waals surface area contributed by atoms with Crippen molar-refractivity contribution in [1.82, 2.24) is 0 Å². The molecule has 0 aromatic heterocycles. The van der Waals surface area contributed by atoms with Gasteiger partial charge in [-0.2, -0.15) is 0 Å². The van der Waals surface area contributed by atoms with Gasteiger partial charge in [-0.15, -0.1) is 0 Å². The molecule has 0 unspecified atom stereocenters. The quantitative estimate of drug-likeness (QED) is 0.764. The average molecular weight is 303 g/mol. The van der Waals surface area contributed by atoms with E-state index in [9.17, 15) is 4.79 Å². The SMILES string of the molecule is COc1ccc(NC(=O)c2ccc(-c3ccccc3)cc2)cc1. The van der Waals surface area contributed by atoms with Crippen LogP contribution in [0.15, 0.2) is 78.9 Å². The minimum atomic E-state index is -0.130. The lowest BCUT2D eigenvalue weighted by molar-refractivity contribution is 0.102. The fourth-order valence-electron chi connectivity index (χ4n) is 2.32. The van der Waals surface area contributed by atoms with Gasteiger partial charge < -0.3 is 10.1 Å². The zero-order chi connectivity index (χ0) is 16.1. The summed E-state index contributed by atoms with van der Waals surface area (Å²) in [6.07, 6.45) is 0. The zero-order valence-corrected chi connectivity index (χ0v) is 12.8. The summed E-state index contributed by atoms with van der Waals surface area (Å²) in [7, 11) is 1.61. The van der Waals surface area contributed by atoms with E-state index in [4.69, 9.17) is 4.74 Å². The molecule has 0 aliphatic heterocycles. The summed E-state index contributed by atoms with van der Waals surface area (Å²) in [6, 6.07) is 24.9. The third-order valence-corrected chi connectivity index (χ3v) is 3.60. The van der Waals surface area contributed by atoms with E-state index in [-0.39, 0.29) is 5.91 Å². The van der Waals surface area contributed by atoms with Crippen molar-refractivity contribution < 1.29 is 9.53 Å². The van der Waals surface area contributed by atoms with Crippen LogP contribution in [0.4, 0.5) is 5.69 Å². The highest BCUT2D eigenvalue weighted by atomic mass is 16.5. The summed E-state index contributed by atoms with van der Waals surface area (Å²) in [6.45, 7) is 0. The van der Waals surface area contributed by atoms with Crippen LogP contribution in [0.5, 0.6) is 5.75 Å². The molecule has 1 amide bonds. The Morgan fingerprint density at radius 3 is 2.00 bits per heavy atom. The molecule has 0 saturated carbocycles. The molecule has 0 aliphatic rings. The van der Waals surface area contributed by atoms with Gasteiger partial charge in [-0.25, -0.2) is 0 Å². The van der Waals surface area contributed by atoms with E-state index < -0.39 is 0 Å². The van der Waals surface area contributed by atoms with E-state index in [1.165, 1.54) is 0 Å². The second-order valence-corrected chi connectivity index (χ2v) is 5.13. The molecular formula is C20H17NO2. The number of nitrogens with one attached hydrogen (secondary N) is 1. The van der Waals surface area contributed by atoms with E-state index in [1.54, 1.807) is 7.11 Å². The van der Waals surface area contributed by atoms with Crippen LogP contribution in [-0.2, 0) is 0 Å². The number of carbonyl (C=O) groups excluding carboxylic acids is 1. The molecular weight excluding hydrogens is 286 g/mol. The highest BCUT2D eigenvalue weighted by molar-refractivity contribution is 6.04. The lowest BCUT2D eigenvalue weighted by atomic mass is 10.0. The molecule has 114 valence electrons. The maximum Gasteiger partial charge on any atom is 0.255 e.